The van der Waals surface area contributed by atoms with Crippen LogP contribution >= 0.6 is 12.6 Å². The highest BCUT2D eigenvalue weighted by molar-refractivity contribution is 7.96. The molecule has 0 N–H and O–H groups in total. The topological polar surface area (TPSA) is 26.3 Å². The van der Waals surface area contributed by atoms with E-state index in [9.17, 15) is 4.79 Å². The van der Waals surface area contributed by atoms with Crippen LogP contribution < -0.4 is 0 Å². The molecule has 2 fully saturated rings. The standard InChI is InChI=1S/C11H18O2S/c12-11(14)13-10-7-3-5-8-4-1-2-6-9(8)10/h8-10H,1-7H2,(H,12,14). The lowest BCUT2D eigenvalue weighted by Crippen LogP contribution is -2.36. The first kappa shape index (κ1) is 10.3. The number of fused-ring (bicyclic) bond motifs is 1. The van der Waals surface area contributed by atoms with Gasteiger partial charge in [-0.1, -0.05) is 31.9 Å². The number of thiol groups is 1. The molecular formula is C11H18O2S. The van der Waals surface area contributed by atoms with Crippen molar-refractivity contribution in [3.8, 4) is 0 Å². The molecule has 0 aromatic carbocycles. The summed E-state index contributed by atoms with van der Waals surface area (Å²) in [5.41, 5.74) is 0. The fraction of sp³-hybridized carbons (Fsp3) is 0.909. The van der Waals surface area contributed by atoms with Gasteiger partial charge in [0.1, 0.15) is 6.10 Å². The van der Waals surface area contributed by atoms with Gasteiger partial charge in [-0.05, 0) is 37.5 Å². The molecule has 0 aromatic heterocycles. The SMILES string of the molecule is O=C(S)OC1CCCC2CCCCC21. The summed E-state index contributed by atoms with van der Waals surface area (Å²) in [5, 5.41) is -0.402. The van der Waals surface area contributed by atoms with Crippen LogP contribution in [0, 0.1) is 11.8 Å². The predicted octanol–water partition coefficient (Wildman–Crippen LogP) is 3.41. The van der Waals surface area contributed by atoms with Gasteiger partial charge in [-0.3, -0.25) is 0 Å². The molecule has 0 radical (unpaired) electrons. The van der Waals surface area contributed by atoms with Crippen molar-refractivity contribution in [2.75, 3.05) is 0 Å². The smallest absolute Gasteiger partial charge is 0.364 e. The Balaban J connectivity index is 1.97. The summed E-state index contributed by atoms with van der Waals surface area (Å²) in [4.78, 5) is 10.8. The van der Waals surface area contributed by atoms with Crippen molar-refractivity contribution in [1.29, 1.82) is 0 Å². The second kappa shape index (κ2) is 4.56. The average Bonchev–Trinajstić information content (AvgIpc) is 2.18. The first-order valence-corrected chi connectivity index (χ1v) is 6.11. The Bertz CT molecular complexity index is 215. The first-order chi connectivity index (χ1) is 6.77. The number of rotatable bonds is 1. The zero-order chi connectivity index (χ0) is 9.97. The van der Waals surface area contributed by atoms with Gasteiger partial charge >= 0.3 is 5.30 Å². The van der Waals surface area contributed by atoms with Crippen LogP contribution in [0.3, 0.4) is 0 Å². The van der Waals surface area contributed by atoms with Crippen LogP contribution in [-0.4, -0.2) is 11.4 Å². The van der Waals surface area contributed by atoms with Crippen LogP contribution in [-0.2, 0) is 4.74 Å². The third kappa shape index (κ3) is 2.25. The second-order valence-electron chi connectivity index (χ2n) is 4.56. The third-order valence-electron chi connectivity index (χ3n) is 3.76. The summed E-state index contributed by atoms with van der Waals surface area (Å²) in [7, 11) is 0. The van der Waals surface area contributed by atoms with Crippen LogP contribution in [0.1, 0.15) is 44.9 Å². The zero-order valence-corrected chi connectivity index (χ0v) is 9.34. The Hall–Kier alpha value is -0.180. The molecule has 3 heteroatoms. The van der Waals surface area contributed by atoms with Crippen LogP contribution in [0.5, 0.6) is 0 Å². The normalized spacial score (nSPS) is 37.4. The lowest BCUT2D eigenvalue weighted by atomic mass is 9.69. The number of carbonyl (C=O) groups excluding carboxylic acids is 1. The third-order valence-corrected chi connectivity index (χ3v) is 3.87. The van der Waals surface area contributed by atoms with E-state index in [0.29, 0.717) is 5.92 Å². The van der Waals surface area contributed by atoms with E-state index in [1.807, 2.05) is 0 Å². The molecule has 80 valence electrons. The maximum atomic E-state index is 10.8. The Kier molecular flexibility index (Phi) is 3.37. The number of carbonyl (C=O) groups is 1. The van der Waals surface area contributed by atoms with Gasteiger partial charge in [0.05, 0.1) is 0 Å². The number of hydrogen-bond acceptors (Lipinski definition) is 2. The second-order valence-corrected chi connectivity index (χ2v) is 4.93. The predicted molar refractivity (Wildman–Crippen MR) is 58.6 cm³/mol. The van der Waals surface area contributed by atoms with Gasteiger partial charge in [0, 0.05) is 0 Å². The molecule has 2 aliphatic rings. The summed E-state index contributed by atoms with van der Waals surface area (Å²) in [6.45, 7) is 0. The molecule has 2 rings (SSSR count). The molecule has 0 aromatic rings. The van der Waals surface area contributed by atoms with E-state index in [-0.39, 0.29) is 6.10 Å². The van der Waals surface area contributed by atoms with Crippen LogP contribution in [0.4, 0.5) is 4.79 Å². The lowest BCUT2D eigenvalue weighted by molar-refractivity contribution is 0.00519. The van der Waals surface area contributed by atoms with Gasteiger partial charge in [-0.2, -0.15) is 0 Å². The molecule has 2 aliphatic carbocycles. The van der Waals surface area contributed by atoms with E-state index in [0.717, 1.165) is 12.3 Å². The molecule has 2 saturated carbocycles. The average molecular weight is 214 g/mol. The van der Waals surface area contributed by atoms with Gasteiger partial charge in [0.15, 0.2) is 0 Å². The zero-order valence-electron chi connectivity index (χ0n) is 8.45. The molecule has 0 saturated heterocycles. The molecule has 0 bridgehead atoms. The lowest BCUT2D eigenvalue weighted by Gasteiger charge is -2.40. The molecule has 0 spiro atoms. The summed E-state index contributed by atoms with van der Waals surface area (Å²) in [6, 6.07) is 0. The number of ether oxygens (including phenoxy) is 1. The fourth-order valence-corrected chi connectivity index (χ4v) is 3.29. The minimum Gasteiger partial charge on any atom is -0.454 e. The summed E-state index contributed by atoms with van der Waals surface area (Å²) in [6.07, 6.45) is 9.02. The van der Waals surface area contributed by atoms with Crippen LogP contribution in [0.15, 0.2) is 0 Å². The van der Waals surface area contributed by atoms with Crippen molar-refractivity contribution in [2.45, 2.75) is 51.0 Å². The van der Waals surface area contributed by atoms with Crippen molar-refractivity contribution in [1.82, 2.24) is 0 Å². The molecule has 2 nitrogen and oxygen atoms in total. The van der Waals surface area contributed by atoms with Crippen molar-refractivity contribution < 1.29 is 9.53 Å². The van der Waals surface area contributed by atoms with Crippen molar-refractivity contribution in [3.63, 3.8) is 0 Å². The largest absolute Gasteiger partial charge is 0.454 e. The van der Waals surface area contributed by atoms with E-state index in [2.05, 4.69) is 12.6 Å². The van der Waals surface area contributed by atoms with E-state index in [1.54, 1.807) is 0 Å². The minimum absolute atomic E-state index is 0.166. The molecule has 14 heavy (non-hydrogen) atoms. The quantitative estimate of drug-likeness (QED) is 0.535. The highest BCUT2D eigenvalue weighted by Gasteiger charge is 2.36. The van der Waals surface area contributed by atoms with Crippen molar-refractivity contribution in [2.24, 2.45) is 11.8 Å². The Morgan fingerprint density at radius 3 is 2.57 bits per heavy atom. The van der Waals surface area contributed by atoms with Crippen LogP contribution in [0.25, 0.3) is 0 Å². The number of hydrogen-bond donors (Lipinski definition) is 1. The maximum Gasteiger partial charge on any atom is 0.364 e. The summed E-state index contributed by atoms with van der Waals surface area (Å²) < 4.78 is 5.29. The molecule has 0 amide bonds. The van der Waals surface area contributed by atoms with E-state index < -0.39 is 5.30 Å². The van der Waals surface area contributed by atoms with Gasteiger partial charge < -0.3 is 4.74 Å². The molecule has 0 heterocycles. The summed E-state index contributed by atoms with van der Waals surface area (Å²) >= 11 is 3.70. The molecule has 0 aliphatic heterocycles. The molecule has 3 unspecified atom stereocenters. The Morgan fingerprint density at radius 2 is 1.79 bits per heavy atom. The van der Waals surface area contributed by atoms with E-state index in [4.69, 9.17) is 4.74 Å². The Morgan fingerprint density at radius 1 is 1.07 bits per heavy atom. The van der Waals surface area contributed by atoms with Gasteiger partial charge in [-0.25, -0.2) is 4.79 Å². The van der Waals surface area contributed by atoms with Gasteiger partial charge in [0.2, 0.25) is 0 Å². The van der Waals surface area contributed by atoms with E-state index >= 15 is 0 Å². The highest BCUT2D eigenvalue weighted by atomic mass is 32.1. The van der Waals surface area contributed by atoms with Crippen LogP contribution in [0.2, 0.25) is 0 Å². The fourth-order valence-electron chi connectivity index (χ4n) is 3.16. The summed E-state index contributed by atoms with van der Waals surface area (Å²) in [5.74, 6) is 1.45. The monoisotopic (exact) mass is 214 g/mol. The maximum absolute atomic E-state index is 10.8. The Labute approximate surface area is 90.8 Å². The highest BCUT2D eigenvalue weighted by Crippen LogP contribution is 2.41. The molecular weight excluding hydrogens is 196 g/mol. The van der Waals surface area contributed by atoms with Crippen molar-refractivity contribution in [3.05, 3.63) is 0 Å². The van der Waals surface area contributed by atoms with Gasteiger partial charge in [0.25, 0.3) is 0 Å². The van der Waals surface area contributed by atoms with Gasteiger partial charge in [-0.15, -0.1) is 0 Å². The first-order valence-electron chi connectivity index (χ1n) is 5.67. The van der Waals surface area contributed by atoms with E-state index in [1.165, 1.54) is 38.5 Å². The van der Waals surface area contributed by atoms with Crippen molar-refractivity contribution >= 4 is 17.9 Å². The minimum atomic E-state index is -0.402. The molecule has 3 atom stereocenters.